The van der Waals surface area contributed by atoms with Gasteiger partial charge in [0.1, 0.15) is 5.76 Å². The van der Waals surface area contributed by atoms with E-state index in [2.05, 4.69) is 5.32 Å². The van der Waals surface area contributed by atoms with Gasteiger partial charge in [-0.3, -0.25) is 4.79 Å². The van der Waals surface area contributed by atoms with Crippen LogP contribution in [-0.2, 0) is 11.2 Å². The molecule has 1 heterocycles. The molecule has 3 atom stereocenters. The second kappa shape index (κ2) is 7.09. The molecule has 2 aromatic rings. The molecule has 0 aliphatic carbocycles. The monoisotopic (exact) mass is 286 g/mol. The number of benzene rings is 1. The lowest BCUT2D eigenvalue weighted by atomic mass is 9.94. The van der Waals surface area contributed by atoms with Gasteiger partial charge < -0.3 is 15.5 Å². The van der Waals surface area contributed by atoms with E-state index < -0.39 is 0 Å². The molecule has 0 saturated heterocycles. The van der Waals surface area contributed by atoms with Gasteiger partial charge in [0.05, 0.1) is 12.2 Å². The number of rotatable bonds is 6. The van der Waals surface area contributed by atoms with Crippen LogP contribution in [0.2, 0.25) is 0 Å². The largest absolute Gasteiger partial charge is 0.469 e. The maximum absolute atomic E-state index is 12.3. The first-order valence-corrected chi connectivity index (χ1v) is 7.21. The zero-order chi connectivity index (χ0) is 15.2. The molecule has 0 saturated carbocycles. The topological polar surface area (TPSA) is 68.3 Å². The summed E-state index contributed by atoms with van der Waals surface area (Å²) in [7, 11) is 0. The minimum absolute atomic E-state index is 0.00840. The van der Waals surface area contributed by atoms with Gasteiger partial charge in [-0.05, 0) is 24.6 Å². The van der Waals surface area contributed by atoms with Crippen LogP contribution in [0.4, 0.5) is 0 Å². The fourth-order valence-corrected chi connectivity index (χ4v) is 2.28. The Bertz CT molecular complexity index is 551. The Morgan fingerprint density at radius 1 is 1.19 bits per heavy atom. The molecular formula is C17H22N2O2. The molecule has 2 rings (SSSR count). The Balaban J connectivity index is 1.90. The number of nitrogens with one attached hydrogen (secondary N) is 1. The van der Waals surface area contributed by atoms with Gasteiger partial charge >= 0.3 is 0 Å². The van der Waals surface area contributed by atoms with Gasteiger partial charge in [0.25, 0.3) is 0 Å². The third-order valence-electron chi connectivity index (χ3n) is 3.61. The van der Waals surface area contributed by atoms with Gasteiger partial charge in [0.2, 0.25) is 5.91 Å². The summed E-state index contributed by atoms with van der Waals surface area (Å²) in [5.41, 5.74) is 7.14. The average molecular weight is 286 g/mol. The van der Waals surface area contributed by atoms with Crippen molar-refractivity contribution in [3.8, 4) is 0 Å². The van der Waals surface area contributed by atoms with Crippen LogP contribution in [0.1, 0.15) is 31.2 Å². The molecule has 4 heteroatoms. The highest BCUT2D eigenvalue weighted by Crippen LogP contribution is 2.19. The summed E-state index contributed by atoms with van der Waals surface area (Å²) in [6.45, 7) is 3.81. The molecule has 0 radical (unpaired) electrons. The van der Waals surface area contributed by atoms with Crippen molar-refractivity contribution in [1.82, 2.24) is 5.32 Å². The van der Waals surface area contributed by atoms with E-state index in [0.717, 1.165) is 11.3 Å². The predicted octanol–water partition coefficient (Wildman–Crippen LogP) is 2.66. The molecule has 0 bridgehead atoms. The molecule has 4 nitrogen and oxygen atoms in total. The van der Waals surface area contributed by atoms with E-state index in [0.29, 0.717) is 6.42 Å². The maximum atomic E-state index is 12.3. The number of amides is 1. The number of furan rings is 1. The molecule has 0 aliphatic rings. The number of hydrogen-bond donors (Lipinski definition) is 2. The van der Waals surface area contributed by atoms with Crippen LogP contribution in [0.25, 0.3) is 0 Å². The molecule has 21 heavy (non-hydrogen) atoms. The number of carbonyl (C=O) groups is 1. The van der Waals surface area contributed by atoms with E-state index in [1.807, 2.05) is 56.3 Å². The molecule has 1 amide bonds. The first kappa shape index (κ1) is 15.3. The second-order valence-electron chi connectivity index (χ2n) is 5.42. The highest BCUT2D eigenvalue weighted by Gasteiger charge is 2.23. The van der Waals surface area contributed by atoms with Crippen molar-refractivity contribution in [3.05, 3.63) is 60.1 Å². The quantitative estimate of drug-likeness (QED) is 0.858. The first-order chi connectivity index (χ1) is 10.1. The lowest BCUT2D eigenvalue weighted by Crippen LogP contribution is -2.41. The van der Waals surface area contributed by atoms with Crippen molar-refractivity contribution in [2.75, 3.05) is 0 Å². The molecule has 0 fully saturated rings. The lowest BCUT2D eigenvalue weighted by Gasteiger charge is -2.22. The van der Waals surface area contributed by atoms with Crippen molar-refractivity contribution in [2.45, 2.75) is 32.4 Å². The average Bonchev–Trinajstić information content (AvgIpc) is 2.99. The van der Waals surface area contributed by atoms with Crippen LogP contribution in [-0.4, -0.2) is 11.9 Å². The molecule has 0 spiro atoms. The molecule has 3 N–H and O–H groups in total. The molecular weight excluding hydrogens is 264 g/mol. The summed E-state index contributed by atoms with van der Waals surface area (Å²) in [6, 6.07) is 13.1. The van der Waals surface area contributed by atoms with E-state index in [1.54, 1.807) is 6.26 Å². The van der Waals surface area contributed by atoms with E-state index >= 15 is 0 Å². The van der Waals surface area contributed by atoms with E-state index in [4.69, 9.17) is 10.2 Å². The minimum Gasteiger partial charge on any atom is -0.469 e. The first-order valence-electron chi connectivity index (χ1n) is 7.21. The van der Waals surface area contributed by atoms with Crippen LogP contribution in [0.15, 0.2) is 53.1 Å². The summed E-state index contributed by atoms with van der Waals surface area (Å²) in [6.07, 6.45) is 2.31. The van der Waals surface area contributed by atoms with Gasteiger partial charge in [0, 0.05) is 18.5 Å². The van der Waals surface area contributed by atoms with Gasteiger partial charge in [-0.15, -0.1) is 0 Å². The van der Waals surface area contributed by atoms with E-state index in [9.17, 15) is 4.79 Å². The van der Waals surface area contributed by atoms with E-state index in [1.165, 1.54) is 0 Å². The molecule has 3 unspecified atom stereocenters. The Morgan fingerprint density at radius 2 is 1.90 bits per heavy atom. The van der Waals surface area contributed by atoms with Crippen molar-refractivity contribution in [3.63, 3.8) is 0 Å². The summed E-state index contributed by atoms with van der Waals surface area (Å²) < 4.78 is 5.29. The zero-order valence-corrected chi connectivity index (χ0v) is 12.5. The maximum Gasteiger partial charge on any atom is 0.224 e. The number of carbonyl (C=O) groups excluding carboxylic acids is 1. The summed E-state index contributed by atoms with van der Waals surface area (Å²) in [4.78, 5) is 12.3. The van der Waals surface area contributed by atoms with Crippen LogP contribution in [0, 0.1) is 5.92 Å². The standard InChI is InChI=1S/C17H22N2O2/c1-12(11-15-9-6-10-21-15)19-17(20)13(2)16(18)14-7-4-3-5-8-14/h3-10,12-13,16H,11,18H2,1-2H3,(H,19,20). The third-order valence-corrected chi connectivity index (χ3v) is 3.61. The fraction of sp³-hybridized carbons (Fsp3) is 0.353. The zero-order valence-electron chi connectivity index (χ0n) is 12.5. The van der Waals surface area contributed by atoms with Crippen molar-refractivity contribution < 1.29 is 9.21 Å². The second-order valence-corrected chi connectivity index (χ2v) is 5.42. The molecule has 1 aromatic carbocycles. The number of nitrogens with two attached hydrogens (primary N) is 1. The number of hydrogen-bond acceptors (Lipinski definition) is 3. The Morgan fingerprint density at radius 3 is 2.52 bits per heavy atom. The lowest BCUT2D eigenvalue weighted by molar-refractivity contribution is -0.125. The summed E-state index contributed by atoms with van der Waals surface area (Å²) in [5, 5.41) is 2.99. The van der Waals surface area contributed by atoms with E-state index in [-0.39, 0.29) is 23.9 Å². The van der Waals surface area contributed by atoms with Crippen LogP contribution in [0.5, 0.6) is 0 Å². The predicted molar refractivity (Wildman–Crippen MR) is 82.6 cm³/mol. The SMILES string of the molecule is CC(Cc1ccco1)NC(=O)C(C)C(N)c1ccccc1. The van der Waals surface area contributed by atoms with Gasteiger partial charge in [-0.2, -0.15) is 0 Å². The van der Waals surface area contributed by atoms with Crippen LogP contribution in [0.3, 0.4) is 0 Å². The fourth-order valence-electron chi connectivity index (χ4n) is 2.28. The highest BCUT2D eigenvalue weighted by atomic mass is 16.3. The summed E-state index contributed by atoms with van der Waals surface area (Å²) >= 11 is 0. The highest BCUT2D eigenvalue weighted by molar-refractivity contribution is 5.79. The normalized spacial score (nSPS) is 15.2. The Hall–Kier alpha value is -2.07. The van der Waals surface area contributed by atoms with Crippen molar-refractivity contribution >= 4 is 5.91 Å². The van der Waals surface area contributed by atoms with Crippen molar-refractivity contribution in [2.24, 2.45) is 11.7 Å². The van der Waals surface area contributed by atoms with Gasteiger partial charge in [-0.25, -0.2) is 0 Å². The van der Waals surface area contributed by atoms with Crippen LogP contribution >= 0.6 is 0 Å². The molecule has 0 aliphatic heterocycles. The van der Waals surface area contributed by atoms with Gasteiger partial charge in [0.15, 0.2) is 0 Å². The Kier molecular flexibility index (Phi) is 5.17. The third kappa shape index (κ3) is 4.20. The molecule has 112 valence electrons. The minimum atomic E-state index is -0.304. The van der Waals surface area contributed by atoms with Gasteiger partial charge in [-0.1, -0.05) is 37.3 Å². The smallest absolute Gasteiger partial charge is 0.224 e. The Labute approximate surface area is 125 Å². The summed E-state index contributed by atoms with van der Waals surface area (Å²) in [5.74, 6) is 0.541. The van der Waals surface area contributed by atoms with Crippen molar-refractivity contribution in [1.29, 1.82) is 0 Å². The van der Waals surface area contributed by atoms with Crippen LogP contribution < -0.4 is 11.1 Å². The molecule has 1 aromatic heterocycles.